The quantitative estimate of drug-likeness (QED) is 0.407. The summed E-state index contributed by atoms with van der Waals surface area (Å²) in [6.07, 6.45) is 5.74. The highest BCUT2D eigenvalue weighted by Gasteiger charge is 2.27. The SMILES string of the molecule is Cc1cc(C)c2c(c1C)-c1cc(N)ccc1C1=C(CC(C)C=C1)c1ccccc1-2. The Morgan fingerprint density at radius 2 is 1.55 bits per heavy atom. The second-order valence-electron chi connectivity index (χ2n) is 8.67. The molecule has 5 rings (SSSR count). The molecular weight excluding hydrogens is 350 g/mol. The van der Waals surface area contributed by atoms with E-state index < -0.39 is 0 Å². The molecule has 1 atom stereocenters. The van der Waals surface area contributed by atoms with E-state index >= 15 is 0 Å². The van der Waals surface area contributed by atoms with Crippen molar-refractivity contribution in [2.24, 2.45) is 5.92 Å². The number of aryl methyl sites for hydroxylation is 2. The molecule has 3 aromatic carbocycles. The fraction of sp³-hybridized carbons (Fsp3) is 0.214. The predicted octanol–water partition coefficient (Wildman–Crippen LogP) is 7.35. The van der Waals surface area contributed by atoms with Crippen LogP contribution in [-0.2, 0) is 0 Å². The van der Waals surface area contributed by atoms with E-state index in [1.165, 1.54) is 61.2 Å². The van der Waals surface area contributed by atoms with E-state index in [1.54, 1.807) is 0 Å². The van der Waals surface area contributed by atoms with Crippen molar-refractivity contribution in [2.75, 3.05) is 5.73 Å². The number of hydrogen-bond donors (Lipinski definition) is 1. The van der Waals surface area contributed by atoms with Gasteiger partial charge in [-0.15, -0.1) is 0 Å². The number of rotatable bonds is 0. The van der Waals surface area contributed by atoms with Crippen molar-refractivity contribution in [1.82, 2.24) is 0 Å². The summed E-state index contributed by atoms with van der Waals surface area (Å²) < 4.78 is 0. The molecule has 0 aromatic heterocycles. The summed E-state index contributed by atoms with van der Waals surface area (Å²) in [6, 6.07) is 17.7. The average Bonchev–Trinajstić information content (AvgIpc) is 2.70. The van der Waals surface area contributed by atoms with Crippen LogP contribution in [0.5, 0.6) is 0 Å². The molecule has 3 aromatic rings. The van der Waals surface area contributed by atoms with Gasteiger partial charge in [-0.3, -0.25) is 0 Å². The molecule has 0 amide bonds. The summed E-state index contributed by atoms with van der Waals surface area (Å²) >= 11 is 0. The average molecular weight is 378 g/mol. The van der Waals surface area contributed by atoms with Gasteiger partial charge in [-0.25, -0.2) is 0 Å². The molecule has 2 aliphatic rings. The van der Waals surface area contributed by atoms with Gasteiger partial charge in [0.25, 0.3) is 0 Å². The topological polar surface area (TPSA) is 26.0 Å². The van der Waals surface area contributed by atoms with E-state index in [0.29, 0.717) is 5.92 Å². The van der Waals surface area contributed by atoms with Gasteiger partial charge in [-0.05, 0) is 106 Å². The Morgan fingerprint density at radius 1 is 0.793 bits per heavy atom. The Hall–Kier alpha value is -3.06. The zero-order valence-corrected chi connectivity index (χ0v) is 17.6. The van der Waals surface area contributed by atoms with E-state index in [4.69, 9.17) is 5.73 Å². The Balaban J connectivity index is 2.02. The third-order valence-corrected chi connectivity index (χ3v) is 6.61. The van der Waals surface area contributed by atoms with Gasteiger partial charge in [0, 0.05) is 5.69 Å². The van der Waals surface area contributed by atoms with Gasteiger partial charge >= 0.3 is 0 Å². The maximum atomic E-state index is 6.31. The first-order valence-electron chi connectivity index (χ1n) is 10.5. The van der Waals surface area contributed by atoms with E-state index in [-0.39, 0.29) is 0 Å². The number of nitrogens with two attached hydrogens (primary N) is 1. The zero-order chi connectivity index (χ0) is 20.3. The Kier molecular flexibility index (Phi) is 4.03. The van der Waals surface area contributed by atoms with Gasteiger partial charge in [-0.2, -0.15) is 0 Å². The lowest BCUT2D eigenvalue weighted by molar-refractivity contribution is 0.751. The van der Waals surface area contributed by atoms with E-state index in [2.05, 4.69) is 82.3 Å². The van der Waals surface area contributed by atoms with E-state index in [9.17, 15) is 0 Å². The zero-order valence-electron chi connectivity index (χ0n) is 17.6. The molecule has 2 aliphatic carbocycles. The molecular formula is C28H27N. The third-order valence-electron chi connectivity index (χ3n) is 6.61. The minimum Gasteiger partial charge on any atom is -0.399 e. The Morgan fingerprint density at radius 3 is 2.34 bits per heavy atom. The highest BCUT2D eigenvalue weighted by atomic mass is 14.5. The van der Waals surface area contributed by atoms with Gasteiger partial charge in [0.15, 0.2) is 0 Å². The van der Waals surface area contributed by atoms with Crippen molar-refractivity contribution in [2.45, 2.75) is 34.1 Å². The summed E-state index contributed by atoms with van der Waals surface area (Å²) in [6.45, 7) is 9.01. The van der Waals surface area contributed by atoms with Crippen molar-refractivity contribution in [3.63, 3.8) is 0 Å². The van der Waals surface area contributed by atoms with Crippen LogP contribution in [0.3, 0.4) is 0 Å². The van der Waals surface area contributed by atoms with Gasteiger partial charge in [0.2, 0.25) is 0 Å². The van der Waals surface area contributed by atoms with Crippen LogP contribution in [0, 0.1) is 26.7 Å². The van der Waals surface area contributed by atoms with E-state index in [1.807, 2.05) is 6.07 Å². The fourth-order valence-electron chi connectivity index (χ4n) is 5.11. The van der Waals surface area contributed by atoms with E-state index in [0.717, 1.165) is 12.1 Å². The van der Waals surface area contributed by atoms with Gasteiger partial charge < -0.3 is 5.73 Å². The smallest absolute Gasteiger partial charge is 0.0320 e. The minimum atomic E-state index is 0.541. The summed E-state index contributed by atoms with van der Waals surface area (Å²) in [4.78, 5) is 0. The standard InChI is InChI=1S/C28H27N/c1-16-9-11-22-23-12-10-20(29)15-26(23)28-19(4)17(2)14-18(3)27(28)24-8-6-5-7-21(24)25(22)13-16/h5-12,14-16H,13,29H2,1-4H3. The maximum Gasteiger partial charge on any atom is 0.0320 e. The molecule has 1 nitrogen and oxygen atoms in total. The predicted molar refractivity (Wildman–Crippen MR) is 126 cm³/mol. The van der Waals surface area contributed by atoms with Crippen molar-refractivity contribution < 1.29 is 0 Å². The van der Waals surface area contributed by atoms with Crippen LogP contribution in [0.25, 0.3) is 33.4 Å². The normalized spacial score (nSPS) is 17.0. The summed E-state index contributed by atoms with van der Waals surface area (Å²) in [7, 11) is 0. The highest BCUT2D eigenvalue weighted by Crippen LogP contribution is 2.50. The summed E-state index contributed by atoms with van der Waals surface area (Å²) in [5.41, 5.74) is 21.8. The van der Waals surface area contributed by atoms with Crippen molar-refractivity contribution in [1.29, 1.82) is 0 Å². The lowest BCUT2D eigenvalue weighted by Gasteiger charge is -2.30. The number of nitrogen functional groups attached to an aromatic ring is 1. The van der Waals surface area contributed by atoms with Crippen molar-refractivity contribution >= 4 is 16.8 Å². The monoisotopic (exact) mass is 377 g/mol. The van der Waals surface area contributed by atoms with Crippen LogP contribution in [0.1, 0.15) is 41.2 Å². The van der Waals surface area contributed by atoms with Crippen LogP contribution in [0.2, 0.25) is 0 Å². The summed E-state index contributed by atoms with van der Waals surface area (Å²) in [5, 5.41) is 0. The number of anilines is 1. The van der Waals surface area contributed by atoms with Crippen molar-refractivity contribution in [3.05, 3.63) is 88.5 Å². The molecule has 0 bridgehead atoms. The molecule has 1 unspecified atom stereocenters. The molecule has 0 saturated heterocycles. The van der Waals surface area contributed by atoms with Crippen LogP contribution in [0.15, 0.2) is 60.7 Å². The second-order valence-corrected chi connectivity index (χ2v) is 8.67. The Bertz CT molecular complexity index is 1220. The molecule has 29 heavy (non-hydrogen) atoms. The molecule has 0 heterocycles. The van der Waals surface area contributed by atoms with Gasteiger partial charge in [0.05, 0.1) is 0 Å². The Labute approximate surface area is 173 Å². The third kappa shape index (κ3) is 2.68. The molecule has 0 radical (unpaired) electrons. The number of benzene rings is 3. The first-order chi connectivity index (χ1) is 14.0. The molecule has 0 aliphatic heterocycles. The van der Waals surface area contributed by atoms with Crippen LogP contribution >= 0.6 is 0 Å². The molecule has 0 spiro atoms. The van der Waals surface area contributed by atoms with Crippen LogP contribution in [-0.4, -0.2) is 0 Å². The number of hydrogen-bond acceptors (Lipinski definition) is 1. The lowest BCUT2D eigenvalue weighted by atomic mass is 9.74. The molecule has 0 fully saturated rings. The highest BCUT2D eigenvalue weighted by molar-refractivity contribution is 6.08. The van der Waals surface area contributed by atoms with Crippen molar-refractivity contribution in [3.8, 4) is 22.3 Å². The minimum absolute atomic E-state index is 0.541. The first-order valence-corrected chi connectivity index (χ1v) is 10.5. The van der Waals surface area contributed by atoms with Gasteiger partial charge in [-0.1, -0.05) is 55.5 Å². The summed E-state index contributed by atoms with van der Waals surface area (Å²) in [5.74, 6) is 0.541. The number of fused-ring (bicyclic) bond motifs is 7. The maximum absolute atomic E-state index is 6.31. The molecule has 2 N–H and O–H groups in total. The second kappa shape index (κ2) is 6.49. The fourth-order valence-corrected chi connectivity index (χ4v) is 5.11. The molecule has 1 heteroatoms. The largest absolute Gasteiger partial charge is 0.399 e. The molecule has 144 valence electrons. The molecule has 0 saturated carbocycles. The lowest BCUT2D eigenvalue weighted by Crippen LogP contribution is -2.08. The van der Waals surface area contributed by atoms with Crippen LogP contribution in [0.4, 0.5) is 5.69 Å². The van der Waals surface area contributed by atoms with Crippen LogP contribution < -0.4 is 5.73 Å². The number of allylic oxidation sites excluding steroid dienone is 4. The van der Waals surface area contributed by atoms with Gasteiger partial charge in [0.1, 0.15) is 0 Å². The first kappa shape index (κ1) is 18.0.